The van der Waals surface area contributed by atoms with Gasteiger partial charge in [-0.05, 0) is 24.6 Å². The Morgan fingerprint density at radius 3 is 2.88 bits per heavy atom. The van der Waals surface area contributed by atoms with E-state index >= 15 is 0 Å². The minimum absolute atomic E-state index is 0.187. The topological polar surface area (TPSA) is 64.7 Å². The van der Waals surface area contributed by atoms with E-state index in [1.54, 1.807) is 13.2 Å². The van der Waals surface area contributed by atoms with Crippen LogP contribution < -0.4 is 15.2 Å². The smallest absolute Gasteiger partial charge is 0.123 e. The van der Waals surface area contributed by atoms with Crippen LogP contribution >= 0.6 is 0 Å². The Morgan fingerprint density at radius 1 is 1.53 bits per heavy atom. The second-order valence-corrected chi connectivity index (χ2v) is 3.67. The maximum atomic E-state index is 9.35. The zero-order valence-electron chi connectivity index (χ0n) is 10.1. The molecule has 0 radical (unpaired) electrons. The van der Waals surface area contributed by atoms with Gasteiger partial charge in [-0.2, -0.15) is 0 Å². The van der Waals surface area contributed by atoms with E-state index in [1.807, 2.05) is 18.2 Å². The average molecular weight is 237 g/mol. The van der Waals surface area contributed by atoms with Gasteiger partial charge >= 0.3 is 0 Å². The highest BCUT2D eigenvalue weighted by atomic mass is 16.5. The van der Waals surface area contributed by atoms with Gasteiger partial charge in [0, 0.05) is 12.1 Å². The first-order valence-corrected chi connectivity index (χ1v) is 5.50. The fraction of sp³-hybridized carbons (Fsp3) is 0.385. The Hall–Kier alpha value is -1.52. The first-order chi connectivity index (χ1) is 8.21. The molecule has 0 aliphatic rings. The zero-order valence-corrected chi connectivity index (χ0v) is 10.1. The third-order valence-corrected chi connectivity index (χ3v) is 2.34. The number of benzene rings is 1. The van der Waals surface area contributed by atoms with Crippen molar-refractivity contribution in [2.24, 2.45) is 5.73 Å². The van der Waals surface area contributed by atoms with Crippen LogP contribution in [0, 0.1) is 0 Å². The molecule has 1 aromatic carbocycles. The molecule has 4 nitrogen and oxygen atoms in total. The van der Waals surface area contributed by atoms with Gasteiger partial charge in [0.05, 0.1) is 7.11 Å². The molecule has 1 unspecified atom stereocenters. The summed E-state index contributed by atoms with van der Waals surface area (Å²) in [7, 11) is 1.62. The highest BCUT2D eigenvalue weighted by molar-refractivity contribution is 5.41. The highest BCUT2D eigenvalue weighted by Gasteiger charge is 2.07. The molecule has 0 fully saturated rings. The maximum absolute atomic E-state index is 9.35. The molecular weight excluding hydrogens is 218 g/mol. The highest BCUT2D eigenvalue weighted by Crippen LogP contribution is 2.25. The number of nitrogens with two attached hydrogens (primary N) is 1. The summed E-state index contributed by atoms with van der Waals surface area (Å²) in [6.45, 7) is 4.07. The van der Waals surface area contributed by atoms with Crippen molar-refractivity contribution in [3.63, 3.8) is 0 Å². The predicted molar refractivity (Wildman–Crippen MR) is 67.5 cm³/mol. The molecule has 0 aliphatic carbocycles. The van der Waals surface area contributed by atoms with Crippen molar-refractivity contribution in [3.8, 4) is 11.5 Å². The Morgan fingerprint density at radius 2 is 2.29 bits per heavy atom. The molecule has 1 rings (SSSR count). The number of aliphatic hydroxyl groups excluding tert-OH is 1. The normalized spacial score (nSPS) is 11.9. The first kappa shape index (κ1) is 13.5. The molecule has 0 heterocycles. The van der Waals surface area contributed by atoms with Crippen LogP contribution in [0.5, 0.6) is 11.5 Å². The van der Waals surface area contributed by atoms with Crippen LogP contribution in [0.1, 0.15) is 5.56 Å². The van der Waals surface area contributed by atoms with Crippen LogP contribution in [-0.2, 0) is 6.42 Å². The largest absolute Gasteiger partial charge is 0.497 e. The summed E-state index contributed by atoms with van der Waals surface area (Å²) in [6, 6.07) is 5.53. The summed E-state index contributed by atoms with van der Waals surface area (Å²) in [5.41, 5.74) is 6.29. The Bertz CT molecular complexity index is 366. The third kappa shape index (κ3) is 4.09. The van der Waals surface area contributed by atoms with Gasteiger partial charge in [0.2, 0.25) is 0 Å². The van der Waals surface area contributed by atoms with E-state index in [-0.39, 0.29) is 13.2 Å². The van der Waals surface area contributed by atoms with Gasteiger partial charge < -0.3 is 20.3 Å². The van der Waals surface area contributed by atoms with Crippen LogP contribution in [0.4, 0.5) is 0 Å². The van der Waals surface area contributed by atoms with Crippen molar-refractivity contribution in [3.05, 3.63) is 36.4 Å². The molecule has 0 spiro atoms. The van der Waals surface area contributed by atoms with Gasteiger partial charge in [-0.15, -0.1) is 6.58 Å². The van der Waals surface area contributed by atoms with Crippen LogP contribution in [0.15, 0.2) is 30.9 Å². The molecule has 0 bridgehead atoms. The van der Waals surface area contributed by atoms with Gasteiger partial charge in [-0.3, -0.25) is 0 Å². The van der Waals surface area contributed by atoms with Gasteiger partial charge in [-0.25, -0.2) is 0 Å². The van der Waals surface area contributed by atoms with Crippen LogP contribution in [0.2, 0.25) is 0 Å². The summed E-state index contributed by atoms with van der Waals surface area (Å²) in [5, 5.41) is 9.35. The first-order valence-electron chi connectivity index (χ1n) is 5.50. The van der Waals surface area contributed by atoms with E-state index in [0.717, 1.165) is 17.1 Å². The minimum Gasteiger partial charge on any atom is -0.497 e. The lowest BCUT2D eigenvalue weighted by atomic mass is 10.1. The van der Waals surface area contributed by atoms with Gasteiger partial charge in [0.25, 0.3) is 0 Å². The monoisotopic (exact) mass is 237 g/mol. The van der Waals surface area contributed by atoms with Crippen LogP contribution in [0.25, 0.3) is 0 Å². The molecule has 0 aromatic heterocycles. The molecule has 4 heteroatoms. The maximum Gasteiger partial charge on any atom is 0.123 e. The van der Waals surface area contributed by atoms with E-state index in [2.05, 4.69) is 6.58 Å². The quantitative estimate of drug-likeness (QED) is 0.698. The fourth-order valence-corrected chi connectivity index (χ4v) is 1.39. The summed E-state index contributed by atoms with van der Waals surface area (Å²) < 4.78 is 10.7. The number of methoxy groups -OCH3 is 1. The Labute approximate surface area is 102 Å². The van der Waals surface area contributed by atoms with Crippen molar-refractivity contribution in [1.82, 2.24) is 0 Å². The zero-order chi connectivity index (χ0) is 12.7. The lowest BCUT2D eigenvalue weighted by molar-refractivity contribution is 0.113. The molecule has 0 aliphatic heterocycles. The molecule has 3 N–H and O–H groups in total. The fourth-order valence-electron chi connectivity index (χ4n) is 1.39. The predicted octanol–water partition coefficient (Wildman–Crippen LogP) is 1.12. The number of rotatable bonds is 7. The van der Waals surface area contributed by atoms with E-state index < -0.39 is 6.10 Å². The van der Waals surface area contributed by atoms with Crippen molar-refractivity contribution in [2.45, 2.75) is 12.5 Å². The van der Waals surface area contributed by atoms with E-state index in [1.165, 1.54) is 0 Å². The molecule has 0 saturated carbocycles. The molecule has 1 atom stereocenters. The number of ether oxygens (including phenoxy) is 2. The molecule has 17 heavy (non-hydrogen) atoms. The summed E-state index contributed by atoms with van der Waals surface area (Å²) >= 11 is 0. The standard InChI is InChI=1S/C13H19NO3/c1-3-4-10-7-12(16-2)5-6-13(10)17-9-11(15)8-14/h3,5-7,11,15H,1,4,8-9,14H2,2H3. The minimum atomic E-state index is -0.645. The number of hydrogen-bond acceptors (Lipinski definition) is 4. The lowest BCUT2D eigenvalue weighted by Gasteiger charge is -2.14. The van der Waals surface area contributed by atoms with Crippen molar-refractivity contribution in [2.75, 3.05) is 20.3 Å². The Balaban J connectivity index is 2.78. The van der Waals surface area contributed by atoms with Gasteiger partial charge in [0.15, 0.2) is 0 Å². The SMILES string of the molecule is C=CCc1cc(OC)ccc1OCC(O)CN. The molecule has 0 saturated heterocycles. The van der Waals surface area contributed by atoms with Crippen LogP contribution in [-0.4, -0.2) is 31.5 Å². The Kier molecular flexibility index (Phi) is 5.52. The molecule has 0 amide bonds. The van der Waals surface area contributed by atoms with E-state index in [9.17, 15) is 5.11 Å². The average Bonchev–Trinajstić information content (AvgIpc) is 2.37. The van der Waals surface area contributed by atoms with E-state index in [0.29, 0.717) is 6.42 Å². The summed E-state index contributed by atoms with van der Waals surface area (Å²) in [6.07, 6.45) is 1.83. The van der Waals surface area contributed by atoms with Crippen LogP contribution in [0.3, 0.4) is 0 Å². The summed E-state index contributed by atoms with van der Waals surface area (Å²) in [5.74, 6) is 1.49. The second-order valence-electron chi connectivity index (χ2n) is 3.67. The van der Waals surface area contributed by atoms with E-state index in [4.69, 9.17) is 15.2 Å². The van der Waals surface area contributed by atoms with Crippen molar-refractivity contribution >= 4 is 0 Å². The number of aliphatic hydroxyl groups is 1. The number of allylic oxidation sites excluding steroid dienone is 1. The van der Waals surface area contributed by atoms with Crippen molar-refractivity contribution < 1.29 is 14.6 Å². The third-order valence-electron chi connectivity index (χ3n) is 2.34. The lowest BCUT2D eigenvalue weighted by Crippen LogP contribution is -2.26. The number of hydrogen-bond donors (Lipinski definition) is 2. The molecular formula is C13H19NO3. The second kappa shape index (κ2) is 6.93. The van der Waals surface area contributed by atoms with Gasteiger partial charge in [-0.1, -0.05) is 6.08 Å². The summed E-state index contributed by atoms with van der Waals surface area (Å²) in [4.78, 5) is 0. The molecule has 94 valence electrons. The molecule has 1 aromatic rings. The van der Waals surface area contributed by atoms with Crippen molar-refractivity contribution in [1.29, 1.82) is 0 Å². The van der Waals surface area contributed by atoms with Gasteiger partial charge in [0.1, 0.15) is 24.2 Å².